The van der Waals surface area contributed by atoms with Gasteiger partial charge in [0.25, 0.3) is 0 Å². The molecule has 3 heteroatoms. The topological polar surface area (TPSA) is 18.5 Å². The third-order valence-electron chi connectivity index (χ3n) is 3.97. The molecule has 1 heterocycles. The van der Waals surface area contributed by atoms with Gasteiger partial charge >= 0.3 is 0 Å². The molecule has 18 heavy (non-hydrogen) atoms. The van der Waals surface area contributed by atoms with Gasteiger partial charge in [-0.25, -0.2) is 0 Å². The Labute approximate surface area is 114 Å². The summed E-state index contributed by atoms with van der Waals surface area (Å²) in [4.78, 5) is 5.23. The summed E-state index contributed by atoms with van der Waals surface area (Å²) < 4.78 is 0. The Kier molecular flexibility index (Phi) is 8.64. The minimum absolute atomic E-state index is 0.721. The van der Waals surface area contributed by atoms with Crippen molar-refractivity contribution in [2.45, 2.75) is 52.5 Å². The highest BCUT2D eigenvalue weighted by atomic mass is 15.3. The van der Waals surface area contributed by atoms with Crippen LogP contribution >= 0.6 is 0 Å². The van der Waals surface area contributed by atoms with Crippen molar-refractivity contribution in [3.63, 3.8) is 0 Å². The zero-order chi connectivity index (χ0) is 13.2. The first-order chi connectivity index (χ1) is 8.74. The summed E-state index contributed by atoms with van der Waals surface area (Å²) >= 11 is 0. The van der Waals surface area contributed by atoms with Gasteiger partial charge in [0.2, 0.25) is 0 Å². The zero-order valence-electron chi connectivity index (χ0n) is 12.7. The number of hydrogen-bond donors (Lipinski definition) is 1. The molecular formula is C15H33N3. The maximum Gasteiger partial charge on any atom is 0.0113 e. The van der Waals surface area contributed by atoms with E-state index in [4.69, 9.17) is 0 Å². The van der Waals surface area contributed by atoms with Gasteiger partial charge in [-0.2, -0.15) is 0 Å². The number of hydrogen-bond acceptors (Lipinski definition) is 3. The van der Waals surface area contributed by atoms with Gasteiger partial charge in [-0.3, -0.25) is 4.90 Å². The Morgan fingerprint density at radius 2 is 1.61 bits per heavy atom. The summed E-state index contributed by atoms with van der Waals surface area (Å²) in [5, 5.41) is 3.39. The van der Waals surface area contributed by atoms with E-state index in [0.29, 0.717) is 0 Å². The van der Waals surface area contributed by atoms with Gasteiger partial charge < -0.3 is 10.2 Å². The second-order valence-electron chi connectivity index (χ2n) is 5.74. The molecule has 0 unspecified atom stereocenters. The Hall–Kier alpha value is -0.120. The standard InChI is InChI=1S/C15H33N3/c1-4-16-9-7-5-6-8-10-17-11-13-18(14-12-17)15(2)3/h15-16H,4-14H2,1-3H3. The van der Waals surface area contributed by atoms with Crippen LogP contribution in [0.5, 0.6) is 0 Å². The molecule has 0 spiro atoms. The van der Waals surface area contributed by atoms with Crippen molar-refractivity contribution in [1.29, 1.82) is 0 Å². The van der Waals surface area contributed by atoms with Crippen molar-refractivity contribution in [3.05, 3.63) is 0 Å². The highest BCUT2D eigenvalue weighted by molar-refractivity contribution is 4.73. The minimum Gasteiger partial charge on any atom is -0.317 e. The van der Waals surface area contributed by atoms with E-state index < -0.39 is 0 Å². The van der Waals surface area contributed by atoms with Crippen molar-refractivity contribution in [3.8, 4) is 0 Å². The molecule has 108 valence electrons. The summed E-state index contributed by atoms with van der Waals surface area (Å²) in [5.74, 6) is 0. The second kappa shape index (κ2) is 9.76. The molecule has 1 aliphatic rings. The predicted octanol–water partition coefficient (Wildman–Crippen LogP) is 2.18. The van der Waals surface area contributed by atoms with E-state index in [1.54, 1.807) is 0 Å². The highest BCUT2D eigenvalue weighted by Crippen LogP contribution is 2.08. The monoisotopic (exact) mass is 255 g/mol. The van der Waals surface area contributed by atoms with Crippen LogP contribution in [-0.4, -0.2) is 61.7 Å². The maximum atomic E-state index is 3.39. The van der Waals surface area contributed by atoms with Gasteiger partial charge in [0.05, 0.1) is 0 Å². The molecule has 1 rings (SSSR count). The van der Waals surface area contributed by atoms with Crippen molar-refractivity contribution in [1.82, 2.24) is 15.1 Å². The van der Waals surface area contributed by atoms with Gasteiger partial charge in [0, 0.05) is 32.2 Å². The van der Waals surface area contributed by atoms with Crippen LogP contribution in [0.4, 0.5) is 0 Å². The number of nitrogens with one attached hydrogen (secondary N) is 1. The Morgan fingerprint density at radius 3 is 2.22 bits per heavy atom. The van der Waals surface area contributed by atoms with Crippen LogP contribution < -0.4 is 5.32 Å². The predicted molar refractivity (Wildman–Crippen MR) is 80.2 cm³/mol. The Bertz CT molecular complexity index is 186. The first-order valence-electron chi connectivity index (χ1n) is 7.91. The molecule has 1 N–H and O–H groups in total. The summed E-state index contributed by atoms with van der Waals surface area (Å²) in [5.41, 5.74) is 0. The lowest BCUT2D eigenvalue weighted by Gasteiger charge is -2.36. The fraction of sp³-hybridized carbons (Fsp3) is 1.00. The van der Waals surface area contributed by atoms with Gasteiger partial charge in [-0.05, 0) is 46.3 Å². The molecule has 0 radical (unpaired) electrons. The summed E-state index contributed by atoms with van der Waals surface area (Å²) in [6.07, 6.45) is 5.51. The lowest BCUT2D eigenvalue weighted by molar-refractivity contribution is 0.107. The van der Waals surface area contributed by atoms with E-state index in [9.17, 15) is 0 Å². The molecule has 0 atom stereocenters. The first kappa shape index (κ1) is 15.9. The molecular weight excluding hydrogens is 222 g/mol. The third-order valence-corrected chi connectivity index (χ3v) is 3.97. The van der Waals surface area contributed by atoms with Crippen molar-refractivity contribution in [2.24, 2.45) is 0 Å². The van der Waals surface area contributed by atoms with Crippen LogP contribution in [-0.2, 0) is 0 Å². The molecule has 0 aromatic heterocycles. The summed E-state index contributed by atoms with van der Waals surface area (Å²) in [7, 11) is 0. The largest absolute Gasteiger partial charge is 0.317 e. The average molecular weight is 255 g/mol. The van der Waals surface area contributed by atoms with Gasteiger partial charge in [0.15, 0.2) is 0 Å². The lowest BCUT2D eigenvalue weighted by Crippen LogP contribution is -2.48. The Morgan fingerprint density at radius 1 is 0.944 bits per heavy atom. The molecule has 1 aliphatic heterocycles. The normalized spacial score (nSPS) is 18.7. The first-order valence-corrected chi connectivity index (χ1v) is 7.91. The maximum absolute atomic E-state index is 3.39. The second-order valence-corrected chi connectivity index (χ2v) is 5.74. The van der Waals surface area contributed by atoms with E-state index >= 15 is 0 Å². The molecule has 0 aromatic carbocycles. The van der Waals surface area contributed by atoms with Crippen LogP contribution in [0, 0.1) is 0 Å². The minimum atomic E-state index is 0.721. The molecule has 0 bridgehead atoms. The number of rotatable bonds is 9. The lowest BCUT2D eigenvalue weighted by atomic mass is 10.1. The van der Waals surface area contributed by atoms with Crippen molar-refractivity contribution < 1.29 is 0 Å². The number of unbranched alkanes of at least 4 members (excludes halogenated alkanes) is 3. The number of piperazine rings is 1. The van der Waals surface area contributed by atoms with E-state index in [1.165, 1.54) is 65.0 Å². The number of nitrogens with zero attached hydrogens (tertiary/aromatic N) is 2. The van der Waals surface area contributed by atoms with E-state index in [0.717, 1.165) is 12.6 Å². The van der Waals surface area contributed by atoms with E-state index in [1.807, 2.05) is 0 Å². The molecule has 0 amide bonds. The van der Waals surface area contributed by atoms with Crippen molar-refractivity contribution >= 4 is 0 Å². The van der Waals surface area contributed by atoms with Crippen LogP contribution in [0.15, 0.2) is 0 Å². The molecule has 0 aromatic rings. The van der Waals surface area contributed by atoms with Gasteiger partial charge in [-0.1, -0.05) is 19.8 Å². The summed E-state index contributed by atoms with van der Waals surface area (Å²) in [6.45, 7) is 15.5. The van der Waals surface area contributed by atoms with E-state index in [2.05, 4.69) is 35.9 Å². The molecule has 0 saturated carbocycles. The Balaban J connectivity index is 1.91. The third kappa shape index (κ3) is 6.72. The van der Waals surface area contributed by atoms with Crippen molar-refractivity contribution in [2.75, 3.05) is 45.8 Å². The molecule has 1 fully saturated rings. The van der Waals surface area contributed by atoms with Gasteiger partial charge in [-0.15, -0.1) is 0 Å². The fourth-order valence-electron chi connectivity index (χ4n) is 2.62. The quantitative estimate of drug-likeness (QED) is 0.637. The van der Waals surface area contributed by atoms with Crippen LogP contribution in [0.1, 0.15) is 46.5 Å². The highest BCUT2D eigenvalue weighted by Gasteiger charge is 2.17. The zero-order valence-corrected chi connectivity index (χ0v) is 12.7. The van der Waals surface area contributed by atoms with Crippen LogP contribution in [0.3, 0.4) is 0 Å². The molecule has 0 aliphatic carbocycles. The molecule has 1 saturated heterocycles. The summed E-state index contributed by atoms with van der Waals surface area (Å²) in [6, 6.07) is 0.721. The van der Waals surface area contributed by atoms with E-state index in [-0.39, 0.29) is 0 Å². The SMILES string of the molecule is CCNCCCCCCN1CCN(C(C)C)CC1. The fourth-order valence-corrected chi connectivity index (χ4v) is 2.62. The molecule has 3 nitrogen and oxygen atoms in total. The van der Waals surface area contributed by atoms with Crippen LogP contribution in [0.25, 0.3) is 0 Å². The van der Waals surface area contributed by atoms with Crippen LogP contribution in [0.2, 0.25) is 0 Å². The average Bonchev–Trinajstić information content (AvgIpc) is 2.38. The van der Waals surface area contributed by atoms with Gasteiger partial charge in [0.1, 0.15) is 0 Å². The smallest absolute Gasteiger partial charge is 0.0113 e.